The molecule has 5 nitrogen and oxygen atoms in total. The van der Waals surface area contributed by atoms with E-state index in [-0.39, 0.29) is 14.8 Å². The Kier molecular flexibility index (Phi) is 3.58. The third kappa shape index (κ3) is 2.61. The molecule has 0 N–H and O–H groups in total. The number of esters is 1. The normalized spacial score (nSPS) is 11.1. The molecule has 0 bridgehead atoms. The lowest BCUT2D eigenvalue weighted by Crippen LogP contribution is -1.96. The molecule has 0 unspecified atom stereocenters. The monoisotopic (exact) mass is 270 g/mol. The van der Waals surface area contributed by atoms with E-state index in [9.17, 15) is 13.2 Å². The van der Waals surface area contributed by atoms with Crippen LogP contribution in [0.5, 0.6) is 5.75 Å². The first kappa shape index (κ1) is 12.3. The molecular weight excluding hydrogens is 264 g/mol. The molecule has 0 amide bonds. The average Bonchev–Trinajstić information content (AvgIpc) is 2.59. The first-order valence-electron chi connectivity index (χ1n) is 3.61. The molecule has 15 heavy (non-hydrogen) atoms. The zero-order valence-electron chi connectivity index (χ0n) is 7.81. The van der Waals surface area contributed by atoms with Crippen molar-refractivity contribution in [3.8, 4) is 5.75 Å². The molecule has 0 radical (unpaired) electrons. The van der Waals surface area contributed by atoms with Crippen LogP contribution >= 0.6 is 22.0 Å². The predicted octanol–water partition coefficient (Wildman–Crippen LogP) is 1.47. The van der Waals surface area contributed by atoms with Gasteiger partial charge in [0.1, 0.15) is 4.88 Å². The van der Waals surface area contributed by atoms with Crippen LogP contribution in [-0.4, -0.2) is 28.6 Å². The van der Waals surface area contributed by atoms with Crippen LogP contribution in [0, 0.1) is 0 Å². The van der Waals surface area contributed by atoms with Gasteiger partial charge in [-0.15, -0.1) is 11.3 Å². The van der Waals surface area contributed by atoms with Crippen molar-refractivity contribution in [1.29, 1.82) is 0 Å². The van der Waals surface area contributed by atoms with Gasteiger partial charge in [0.05, 0.1) is 14.2 Å². The number of hydrogen-bond donors (Lipinski definition) is 0. The van der Waals surface area contributed by atoms with Crippen LogP contribution in [0.2, 0.25) is 0 Å². The molecule has 1 aromatic rings. The zero-order chi connectivity index (χ0) is 11.6. The van der Waals surface area contributed by atoms with Gasteiger partial charge in [-0.1, -0.05) is 0 Å². The summed E-state index contributed by atoms with van der Waals surface area (Å²) < 4.78 is 31.2. The van der Waals surface area contributed by atoms with Gasteiger partial charge in [-0.05, 0) is 0 Å². The molecule has 8 heteroatoms. The van der Waals surface area contributed by atoms with E-state index in [1.54, 1.807) is 0 Å². The highest BCUT2D eigenvalue weighted by atomic mass is 35.7. The van der Waals surface area contributed by atoms with Gasteiger partial charge in [-0.2, -0.15) is 0 Å². The van der Waals surface area contributed by atoms with E-state index in [0.717, 1.165) is 0 Å². The lowest BCUT2D eigenvalue weighted by Gasteiger charge is -1.96. The SMILES string of the molecule is COC(=O)c1cc(OC)c(S(=O)(=O)Cl)s1. The van der Waals surface area contributed by atoms with Crippen LogP contribution in [0.1, 0.15) is 9.67 Å². The summed E-state index contributed by atoms with van der Waals surface area (Å²) >= 11 is 0.704. The van der Waals surface area contributed by atoms with Crippen LogP contribution in [0.15, 0.2) is 10.3 Å². The van der Waals surface area contributed by atoms with Gasteiger partial charge in [0.2, 0.25) is 0 Å². The maximum absolute atomic E-state index is 11.1. The Labute approximate surface area is 95.0 Å². The highest BCUT2D eigenvalue weighted by Gasteiger charge is 2.23. The summed E-state index contributed by atoms with van der Waals surface area (Å²) in [5.74, 6) is -0.597. The summed E-state index contributed by atoms with van der Waals surface area (Å²) in [6.07, 6.45) is 0. The molecule has 0 spiro atoms. The van der Waals surface area contributed by atoms with E-state index in [1.165, 1.54) is 20.3 Å². The van der Waals surface area contributed by atoms with E-state index in [0.29, 0.717) is 11.3 Å². The quantitative estimate of drug-likeness (QED) is 0.614. The molecule has 0 aromatic carbocycles. The van der Waals surface area contributed by atoms with Crippen molar-refractivity contribution in [2.24, 2.45) is 0 Å². The summed E-state index contributed by atoms with van der Waals surface area (Å²) in [6.45, 7) is 0. The molecule has 1 heterocycles. The van der Waals surface area contributed by atoms with Crippen molar-refractivity contribution in [2.45, 2.75) is 4.21 Å². The fourth-order valence-corrected chi connectivity index (χ4v) is 3.21. The molecular formula is C7H7ClO5S2. The Balaban J connectivity index is 3.30. The molecule has 1 rings (SSSR count). The number of ether oxygens (including phenoxy) is 2. The Hall–Kier alpha value is -0.790. The Morgan fingerprint density at radius 2 is 2.07 bits per heavy atom. The van der Waals surface area contributed by atoms with E-state index >= 15 is 0 Å². The van der Waals surface area contributed by atoms with Crippen LogP contribution in [0.3, 0.4) is 0 Å². The minimum Gasteiger partial charge on any atom is -0.494 e. The van der Waals surface area contributed by atoms with Crippen molar-refractivity contribution >= 4 is 37.0 Å². The maximum atomic E-state index is 11.1. The van der Waals surface area contributed by atoms with E-state index in [1.807, 2.05) is 0 Å². The van der Waals surface area contributed by atoms with Gasteiger partial charge >= 0.3 is 5.97 Å². The largest absolute Gasteiger partial charge is 0.494 e. The molecule has 0 saturated carbocycles. The molecule has 0 aliphatic heterocycles. The zero-order valence-corrected chi connectivity index (χ0v) is 10.2. The Morgan fingerprint density at radius 1 is 1.47 bits per heavy atom. The number of methoxy groups -OCH3 is 2. The number of thiophene rings is 1. The molecule has 0 aliphatic rings. The molecule has 0 atom stereocenters. The molecule has 0 saturated heterocycles. The molecule has 84 valence electrons. The standard InChI is InChI=1S/C7H7ClO5S2/c1-12-4-3-5(6(9)13-2)14-7(4)15(8,10)11/h3H,1-2H3. The van der Waals surface area contributed by atoms with Crippen LogP contribution < -0.4 is 4.74 Å². The van der Waals surface area contributed by atoms with Gasteiger partial charge in [-0.3, -0.25) is 0 Å². The molecule has 0 aliphatic carbocycles. The summed E-state index contributed by atoms with van der Waals surface area (Å²) in [6, 6.07) is 1.27. The number of rotatable bonds is 3. The van der Waals surface area contributed by atoms with Crippen molar-refractivity contribution < 1.29 is 22.7 Å². The van der Waals surface area contributed by atoms with Gasteiger partial charge in [0, 0.05) is 16.7 Å². The summed E-state index contributed by atoms with van der Waals surface area (Å²) in [4.78, 5) is 11.2. The highest BCUT2D eigenvalue weighted by Crippen LogP contribution is 2.35. The van der Waals surface area contributed by atoms with Crippen molar-refractivity contribution in [2.75, 3.05) is 14.2 Å². The summed E-state index contributed by atoms with van der Waals surface area (Å²) in [7, 11) is 3.73. The fraction of sp³-hybridized carbons (Fsp3) is 0.286. The van der Waals surface area contributed by atoms with Crippen molar-refractivity contribution in [3.05, 3.63) is 10.9 Å². The smallest absolute Gasteiger partial charge is 0.348 e. The first-order valence-corrected chi connectivity index (χ1v) is 6.73. The maximum Gasteiger partial charge on any atom is 0.348 e. The predicted molar refractivity (Wildman–Crippen MR) is 55.2 cm³/mol. The van der Waals surface area contributed by atoms with Crippen LogP contribution in [0.25, 0.3) is 0 Å². The van der Waals surface area contributed by atoms with Crippen LogP contribution in [-0.2, 0) is 13.8 Å². The first-order chi connectivity index (χ1) is 6.90. The summed E-state index contributed by atoms with van der Waals surface area (Å²) in [5.41, 5.74) is 0. The Bertz CT molecular complexity index is 476. The fourth-order valence-electron chi connectivity index (χ4n) is 0.871. The number of carbonyl (C=O) groups is 1. The second-order valence-electron chi connectivity index (χ2n) is 2.40. The minimum absolute atomic E-state index is 0.0374. The third-order valence-electron chi connectivity index (χ3n) is 1.49. The van der Waals surface area contributed by atoms with E-state index < -0.39 is 15.0 Å². The van der Waals surface area contributed by atoms with Gasteiger partial charge in [0.25, 0.3) is 9.05 Å². The van der Waals surface area contributed by atoms with E-state index in [2.05, 4.69) is 4.74 Å². The second kappa shape index (κ2) is 4.38. The van der Waals surface area contributed by atoms with Gasteiger partial charge < -0.3 is 9.47 Å². The van der Waals surface area contributed by atoms with E-state index in [4.69, 9.17) is 15.4 Å². The summed E-state index contributed by atoms with van der Waals surface area (Å²) in [5, 5.41) is 0. The number of hydrogen-bond acceptors (Lipinski definition) is 6. The third-order valence-corrected chi connectivity index (χ3v) is 4.67. The highest BCUT2D eigenvalue weighted by molar-refractivity contribution is 8.15. The van der Waals surface area contributed by atoms with Crippen LogP contribution in [0.4, 0.5) is 0 Å². The van der Waals surface area contributed by atoms with Gasteiger partial charge in [-0.25, -0.2) is 13.2 Å². The van der Waals surface area contributed by atoms with Crippen molar-refractivity contribution in [3.63, 3.8) is 0 Å². The average molecular weight is 271 g/mol. The van der Waals surface area contributed by atoms with Gasteiger partial charge in [0.15, 0.2) is 9.96 Å². The van der Waals surface area contributed by atoms with Crippen molar-refractivity contribution in [1.82, 2.24) is 0 Å². The minimum atomic E-state index is -3.91. The lowest BCUT2D eigenvalue weighted by molar-refractivity contribution is 0.0606. The topological polar surface area (TPSA) is 69.7 Å². The lowest BCUT2D eigenvalue weighted by atomic mass is 10.4. The Morgan fingerprint density at radius 3 is 2.40 bits per heavy atom. The molecule has 0 fully saturated rings. The number of halogens is 1. The molecule has 1 aromatic heterocycles. The number of carbonyl (C=O) groups excluding carboxylic acids is 1. The second-order valence-corrected chi connectivity index (χ2v) is 6.21.